The van der Waals surface area contributed by atoms with Gasteiger partial charge in [0.25, 0.3) is 0 Å². The third-order valence-electron chi connectivity index (χ3n) is 19.6. The second kappa shape index (κ2) is 63.4. The molecule has 19 heteroatoms. The molecule has 0 saturated carbocycles. The Morgan fingerprint density at radius 3 is 1.05 bits per heavy atom. The molecule has 17 unspecified atom stereocenters. The standard InChI is InChI=1S/C84H145NO18/c1-3-5-7-9-11-13-15-17-19-21-23-24-25-26-27-28-29-30-31-32-33-34-35-36-37-38-39-40-41-42-44-46-48-50-52-54-56-58-60-62-72(90)85-67(68(89)61-59-57-55-53-51-49-47-45-43-22-20-18-16-14-12-10-8-6-4-2)66-98-82-78(96)75(93)80(70(64-87)100-82)103-84-79(97)76(94)81(71(65-88)101-84)102-83-77(95)74(92)73(91)69(63-86)99-83/h5,7,11,13,17,19,23-24,26-27,29-30,32-33,35-36,38-39,67-71,73-84,86-89,91-97H,3-4,6,8-10,12,14-16,18,20-22,25,28,31,34,37,40-66H2,1-2H3,(H,85,90)/b7-5-,13-11-,19-17-,24-23-,27-26-,30-29-,33-32-,36-35-,39-38-. The molecule has 12 N–H and O–H groups in total. The molecular formula is C84H145NO18. The summed E-state index contributed by atoms with van der Waals surface area (Å²) in [5.41, 5.74) is 0. The molecule has 0 aromatic heterocycles. The first-order valence-electron chi connectivity index (χ1n) is 40.6. The van der Waals surface area contributed by atoms with Crippen molar-refractivity contribution in [2.24, 2.45) is 0 Å². The second-order valence-corrected chi connectivity index (χ2v) is 28.5. The third kappa shape index (κ3) is 43.3. The topological polar surface area (TPSA) is 307 Å². The molecule has 3 aliphatic rings. The van der Waals surface area contributed by atoms with E-state index in [1.807, 2.05) is 0 Å². The van der Waals surface area contributed by atoms with Gasteiger partial charge in [-0.2, -0.15) is 0 Å². The lowest BCUT2D eigenvalue weighted by Crippen LogP contribution is -2.66. The molecule has 3 aliphatic heterocycles. The molecule has 103 heavy (non-hydrogen) atoms. The number of carbonyl (C=O) groups excluding carboxylic acids is 1. The Balaban J connectivity index is 1.34. The number of aliphatic hydroxyl groups is 11. The van der Waals surface area contributed by atoms with Crippen molar-refractivity contribution >= 4 is 5.91 Å². The van der Waals surface area contributed by atoms with Gasteiger partial charge >= 0.3 is 0 Å². The van der Waals surface area contributed by atoms with Crippen LogP contribution in [0.25, 0.3) is 0 Å². The Labute approximate surface area is 621 Å². The lowest BCUT2D eigenvalue weighted by molar-refractivity contribution is -0.379. The number of carbonyl (C=O) groups is 1. The number of allylic oxidation sites excluding steroid dienone is 18. The van der Waals surface area contributed by atoms with Crippen LogP contribution in [0.15, 0.2) is 109 Å². The Kier molecular flexibility index (Phi) is 57.6. The van der Waals surface area contributed by atoms with Crippen molar-refractivity contribution in [2.75, 3.05) is 26.4 Å². The van der Waals surface area contributed by atoms with E-state index in [0.717, 1.165) is 116 Å². The summed E-state index contributed by atoms with van der Waals surface area (Å²) in [5, 5.41) is 121. The van der Waals surface area contributed by atoms with Crippen LogP contribution in [-0.4, -0.2) is 193 Å². The van der Waals surface area contributed by atoms with Crippen molar-refractivity contribution in [1.82, 2.24) is 5.32 Å². The first-order valence-corrected chi connectivity index (χ1v) is 40.6. The lowest BCUT2D eigenvalue weighted by atomic mass is 9.96. The molecule has 0 bridgehead atoms. The third-order valence-corrected chi connectivity index (χ3v) is 19.6. The van der Waals surface area contributed by atoms with Crippen LogP contribution in [0.1, 0.15) is 284 Å². The number of nitrogens with one attached hydrogen (secondary N) is 1. The van der Waals surface area contributed by atoms with Crippen LogP contribution in [-0.2, 0) is 33.2 Å². The van der Waals surface area contributed by atoms with Crippen LogP contribution < -0.4 is 5.32 Å². The monoisotopic (exact) mass is 1460 g/mol. The molecule has 0 aromatic rings. The van der Waals surface area contributed by atoms with Crippen molar-refractivity contribution in [3.05, 3.63) is 109 Å². The maximum atomic E-state index is 13.5. The van der Waals surface area contributed by atoms with Crippen LogP contribution in [0, 0.1) is 0 Å². The van der Waals surface area contributed by atoms with E-state index < -0.39 is 124 Å². The highest BCUT2D eigenvalue weighted by Crippen LogP contribution is 2.33. The Bertz CT molecular complexity index is 2290. The zero-order valence-electron chi connectivity index (χ0n) is 63.5. The molecule has 0 aliphatic carbocycles. The van der Waals surface area contributed by atoms with Crippen LogP contribution >= 0.6 is 0 Å². The second-order valence-electron chi connectivity index (χ2n) is 28.5. The highest BCUT2D eigenvalue weighted by molar-refractivity contribution is 5.76. The summed E-state index contributed by atoms with van der Waals surface area (Å²) in [6, 6.07) is -0.896. The predicted octanol–water partition coefficient (Wildman–Crippen LogP) is 13.7. The SMILES string of the molecule is CC/C=C\C/C=C\C/C=C\C/C=C\C/C=C\C/C=C\C/C=C\C/C=C\C/C=C\CCCCCCCCCCCCCC(=O)NC(COC1OC(CO)C(OC2OC(CO)C(OC3OC(CO)C(O)C(O)C3O)C(O)C2O)C(O)C1O)C(O)CCCCCCCCCCCCCCCCCCCCC. The number of unbranched alkanes of at least 4 members (excludes halogenated alkanes) is 29. The molecule has 19 nitrogen and oxygen atoms in total. The maximum Gasteiger partial charge on any atom is 0.220 e. The number of amides is 1. The molecule has 0 aromatic carbocycles. The minimum absolute atomic E-state index is 0.248. The minimum atomic E-state index is -1.98. The summed E-state index contributed by atoms with van der Waals surface area (Å²) in [7, 11) is 0. The molecule has 17 atom stereocenters. The Hall–Kier alpha value is -3.55. The highest BCUT2D eigenvalue weighted by atomic mass is 16.8. The average Bonchev–Trinajstić information content (AvgIpc) is 0.781. The van der Waals surface area contributed by atoms with Crippen molar-refractivity contribution in [3.8, 4) is 0 Å². The van der Waals surface area contributed by atoms with Gasteiger partial charge in [0.2, 0.25) is 5.91 Å². The predicted molar refractivity (Wildman–Crippen MR) is 410 cm³/mol. The highest BCUT2D eigenvalue weighted by Gasteiger charge is 2.54. The van der Waals surface area contributed by atoms with Gasteiger partial charge in [-0.25, -0.2) is 0 Å². The fourth-order valence-electron chi connectivity index (χ4n) is 13.1. The van der Waals surface area contributed by atoms with Gasteiger partial charge in [-0.05, 0) is 83.5 Å². The van der Waals surface area contributed by atoms with Gasteiger partial charge in [0.15, 0.2) is 18.9 Å². The van der Waals surface area contributed by atoms with Gasteiger partial charge in [0, 0.05) is 6.42 Å². The van der Waals surface area contributed by atoms with Crippen molar-refractivity contribution < 1.29 is 89.4 Å². The summed E-state index contributed by atoms with van der Waals surface area (Å²) in [6.45, 7) is 1.70. The van der Waals surface area contributed by atoms with E-state index >= 15 is 0 Å². The van der Waals surface area contributed by atoms with Gasteiger partial charge in [-0.15, -0.1) is 0 Å². The summed E-state index contributed by atoms with van der Waals surface area (Å²) < 4.78 is 34.5. The van der Waals surface area contributed by atoms with Crippen molar-refractivity contribution in [3.63, 3.8) is 0 Å². The largest absolute Gasteiger partial charge is 0.394 e. The van der Waals surface area contributed by atoms with E-state index in [4.69, 9.17) is 28.4 Å². The fourth-order valence-corrected chi connectivity index (χ4v) is 13.1. The zero-order valence-corrected chi connectivity index (χ0v) is 63.5. The lowest BCUT2D eigenvalue weighted by Gasteiger charge is -2.48. The molecular weight excluding hydrogens is 1310 g/mol. The van der Waals surface area contributed by atoms with Crippen LogP contribution in [0.3, 0.4) is 0 Å². The molecule has 3 fully saturated rings. The van der Waals surface area contributed by atoms with Gasteiger partial charge in [-0.1, -0.05) is 303 Å². The van der Waals surface area contributed by atoms with E-state index in [0.29, 0.717) is 12.8 Å². The van der Waals surface area contributed by atoms with Crippen LogP contribution in [0.4, 0.5) is 0 Å². The number of rotatable bonds is 63. The number of hydrogen-bond acceptors (Lipinski definition) is 18. The molecule has 0 spiro atoms. The van der Waals surface area contributed by atoms with E-state index in [2.05, 4.69) is 129 Å². The fraction of sp³-hybridized carbons (Fsp3) is 0.774. The molecule has 3 saturated heterocycles. The summed E-state index contributed by atoms with van der Waals surface area (Å²) in [6.07, 6.45) is 60.2. The zero-order chi connectivity index (χ0) is 74.6. The first kappa shape index (κ1) is 93.7. The van der Waals surface area contributed by atoms with E-state index in [-0.39, 0.29) is 18.9 Å². The van der Waals surface area contributed by atoms with Gasteiger partial charge in [0.1, 0.15) is 73.2 Å². The molecule has 0 radical (unpaired) electrons. The van der Waals surface area contributed by atoms with Crippen molar-refractivity contribution in [1.29, 1.82) is 0 Å². The van der Waals surface area contributed by atoms with Crippen LogP contribution in [0.5, 0.6) is 0 Å². The van der Waals surface area contributed by atoms with E-state index in [1.165, 1.54) is 135 Å². The smallest absolute Gasteiger partial charge is 0.220 e. The van der Waals surface area contributed by atoms with Crippen molar-refractivity contribution in [2.45, 2.75) is 388 Å². The molecule has 594 valence electrons. The first-order chi connectivity index (χ1) is 50.3. The summed E-state index contributed by atoms with van der Waals surface area (Å²) in [5.74, 6) is -0.248. The Morgan fingerprint density at radius 2 is 0.670 bits per heavy atom. The van der Waals surface area contributed by atoms with Gasteiger partial charge in [-0.3, -0.25) is 4.79 Å². The molecule has 3 rings (SSSR count). The maximum absolute atomic E-state index is 13.5. The summed E-state index contributed by atoms with van der Waals surface area (Å²) >= 11 is 0. The molecule has 3 heterocycles. The van der Waals surface area contributed by atoms with E-state index in [1.54, 1.807) is 0 Å². The van der Waals surface area contributed by atoms with Gasteiger partial charge in [0.05, 0.1) is 38.6 Å². The molecule has 1 amide bonds. The Morgan fingerprint density at radius 1 is 0.359 bits per heavy atom. The van der Waals surface area contributed by atoms with Crippen LogP contribution in [0.2, 0.25) is 0 Å². The summed E-state index contributed by atoms with van der Waals surface area (Å²) in [4.78, 5) is 13.5. The normalized spacial score (nSPS) is 26.6. The van der Waals surface area contributed by atoms with E-state index in [9.17, 15) is 61.0 Å². The number of aliphatic hydroxyl groups excluding tert-OH is 11. The average molecular weight is 1460 g/mol. The van der Waals surface area contributed by atoms with Gasteiger partial charge < -0.3 is 89.9 Å². The quantitative estimate of drug-likeness (QED) is 0.0199. The minimum Gasteiger partial charge on any atom is -0.394 e. The number of hydrogen-bond donors (Lipinski definition) is 12. The number of ether oxygens (including phenoxy) is 6.